The van der Waals surface area contributed by atoms with Gasteiger partial charge in [-0.1, -0.05) is 30.3 Å². The van der Waals surface area contributed by atoms with Crippen molar-refractivity contribution < 1.29 is 13.2 Å². The first kappa shape index (κ1) is 20.1. The van der Waals surface area contributed by atoms with Crippen LogP contribution in [0.5, 0.6) is 0 Å². The van der Waals surface area contributed by atoms with Gasteiger partial charge in [-0.2, -0.15) is 5.10 Å². The van der Waals surface area contributed by atoms with Crippen LogP contribution in [0.4, 0.5) is 0 Å². The minimum atomic E-state index is -3.75. The second kappa shape index (κ2) is 8.78. The predicted octanol–water partition coefficient (Wildman–Crippen LogP) is -0.0636. The van der Waals surface area contributed by atoms with E-state index in [1.165, 1.54) is 17.1 Å². The zero-order valence-corrected chi connectivity index (χ0v) is 14.7. The fourth-order valence-electron chi connectivity index (χ4n) is 1.89. The molecule has 0 aliphatic carbocycles. The largest absolute Gasteiger partial charge is 0.353 e. The molecule has 1 aromatic carbocycles. The highest BCUT2D eigenvalue weighted by atomic mass is 35.5. The van der Waals surface area contributed by atoms with Gasteiger partial charge in [0.2, 0.25) is 15.9 Å². The maximum atomic E-state index is 11.9. The SMILES string of the molecule is Cl.Cn1cc(S(=O)(=O)NCC(=O)NCC(N)c2ccccc2)cn1. The van der Waals surface area contributed by atoms with Crippen molar-refractivity contribution in [1.29, 1.82) is 0 Å². The van der Waals surface area contributed by atoms with Crippen LogP contribution in [0.1, 0.15) is 11.6 Å². The van der Waals surface area contributed by atoms with Crippen molar-refractivity contribution in [2.24, 2.45) is 12.8 Å². The van der Waals surface area contributed by atoms with E-state index in [2.05, 4.69) is 15.1 Å². The Hall–Kier alpha value is -1.94. The van der Waals surface area contributed by atoms with Crippen molar-refractivity contribution >= 4 is 28.3 Å². The lowest BCUT2D eigenvalue weighted by atomic mass is 10.1. The molecule has 2 rings (SSSR count). The van der Waals surface area contributed by atoms with Crippen molar-refractivity contribution in [3.8, 4) is 0 Å². The maximum Gasteiger partial charge on any atom is 0.244 e. The van der Waals surface area contributed by atoms with Gasteiger partial charge in [0.15, 0.2) is 0 Å². The highest BCUT2D eigenvalue weighted by Gasteiger charge is 2.17. The number of hydrogen-bond acceptors (Lipinski definition) is 5. The van der Waals surface area contributed by atoms with Crippen molar-refractivity contribution in [3.05, 3.63) is 48.3 Å². The molecule has 0 fully saturated rings. The molecule has 0 saturated carbocycles. The summed E-state index contributed by atoms with van der Waals surface area (Å²) in [4.78, 5) is 11.8. The third-order valence-electron chi connectivity index (χ3n) is 3.16. The molecule has 1 unspecified atom stereocenters. The third kappa shape index (κ3) is 5.60. The first-order valence-electron chi connectivity index (χ1n) is 6.94. The number of carbonyl (C=O) groups excluding carboxylic acids is 1. The zero-order chi connectivity index (χ0) is 16.9. The van der Waals surface area contributed by atoms with E-state index in [1.807, 2.05) is 30.3 Å². The second-order valence-corrected chi connectivity index (χ2v) is 6.76. The van der Waals surface area contributed by atoms with Crippen LogP contribution >= 0.6 is 12.4 Å². The predicted molar refractivity (Wildman–Crippen MR) is 92.0 cm³/mol. The van der Waals surface area contributed by atoms with E-state index in [0.717, 1.165) is 5.56 Å². The lowest BCUT2D eigenvalue weighted by Crippen LogP contribution is -2.39. The van der Waals surface area contributed by atoms with Crippen LogP contribution in [0.2, 0.25) is 0 Å². The maximum absolute atomic E-state index is 11.9. The third-order valence-corrected chi connectivity index (χ3v) is 4.52. The van der Waals surface area contributed by atoms with E-state index in [-0.39, 0.29) is 36.4 Å². The summed E-state index contributed by atoms with van der Waals surface area (Å²) in [5.74, 6) is -0.455. The number of nitrogens with one attached hydrogen (secondary N) is 2. The van der Waals surface area contributed by atoms with Crippen molar-refractivity contribution in [2.75, 3.05) is 13.1 Å². The summed E-state index contributed by atoms with van der Waals surface area (Å²) in [6.45, 7) is -0.143. The number of amides is 1. The molecule has 0 spiro atoms. The van der Waals surface area contributed by atoms with E-state index in [4.69, 9.17) is 5.73 Å². The Morgan fingerprint density at radius 3 is 2.58 bits per heavy atom. The molecular weight excluding hydrogens is 354 g/mol. The zero-order valence-electron chi connectivity index (χ0n) is 13.0. The Labute approximate surface area is 146 Å². The van der Waals surface area contributed by atoms with E-state index >= 15 is 0 Å². The molecule has 1 atom stereocenters. The van der Waals surface area contributed by atoms with Crippen molar-refractivity contribution in [3.63, 3.8) is 0 Å². The molecule has 1 heterocycles. The molecule has 1 amide bonds. The van der Waals surface area contributed by atoms with Crippen LogP contribution < -0.4 is 15.8 Å². The number of rotatable bonds is 7. The minimum absolute atomic E-state index is 0. The highest BCUT2D eigenvalue weighted by Crippen LogP contribution is 2.08. The molecule has 132 valence electrons. The Kier molecular flexibility index (Phi) is 7.36. The summed E-state index contributed by atoms with van der Waals surface area (Å²) >= 11 is 0. The number of aryl methyl sites for hydroxylation is 1. The summed E-state index contributed by atoms with van der Waals surface area (Å²) in [5, 5.41) is 6.38. The monoisotopic (exact) mass is 373 g/mol. The molecule has 1 aromatic heterocycles. The lowest BCUT2D eigenvalue weighted by Gasteiger charge is -2.13. The van der Waals surface area contributed by atoms with Gasteiger partial charge >= 0.3 is 0 Å². The molecule has 0 saturated heterocycles. The first-order valence-corrected chi connectivity index (χ1v) is 8.42. The summed E-state index contributed by atoms with van der Waals surface area (Å²) in [5.41, 5.74) is 6.85. The summed E-state index contributed by atoms with van der Waals surface area (Å²) in [6.07, 6.45) is 2.57. The Bertz CT molecular complexity index is 764. The Balaban J connectivity index is 0.00000288. The topological polar surface area (TPSA) is 119 Å². The van der Waals surface area contributed by atoms with Gasteiger partial charge in [-0.25, -0.2) is 13.1 Å². The number of benzene rings is 1. The number of nitrogens with zero attached hydrogens (tertiary/aromatic N) is 2. The van der Waals surface area contributed by atoms with Gasteiger partial charge in [-0.3, -0.25) is 9.48 Å². The fourth-order valence-corrected chi connectivity index (χ4v) is 2.85. The van der Waals surface area contributed by atoms with E-state index in [9.17, 15) is 13.2 Å². The average Bonchev–Trinajstić information content (AvgIpc) is 2.99. The summed E-state index contributed by atoms with van der Waals surface area (Å²) in [7, 11) is -2.14. The normalized spacial score (nSPS) is 12.2. The molecular formula is C14H20ClN5O3S. The number of sulfonamides is 1. The quantitative estimate of drug-likeness (QED) is 0.628. The molecule has 2 aromatic rings. The van der Waals surface area contributed by atoms with Gasteiger partial charge < -0.3 is 11.1 Å². The standard InChI is InChI=1S/C14H19N5O3S.ClH/c1-19-10-12(7-17-19)23(21,22)18-9-14(20)16-8-13(15)11-5-3-2-4-6-11;/h2-7,10,13,18H,8-9,15H2,1H3,(H,16,20);1H. The number of hydrogen-bond donors (Lipinski definition) is 3. The minimum Gasteiger partial charge on any atom is -0.353 e. The number of aromatic nitrogens is 2. The van der Waals surface area contributed by atoms with E-state index in [1.54, 1.807) is 7.05 Å². The van der Waals surface area contributed by atoms with Gasteiger partial charge in [0, 0.05) is 25.8 Å². The van der Waals surface area contributed by atoms with Gasteiger partial charge in [-0.05, 0) is 5.56 Å². The van der Waals surface area contributed by atoms with E-state index in [0.29, 0.717) is 0 Å². The van der Waals surface area contributed by atoms with Crippen LogP contribution in [0.3, 0.4) is 0 Å². The van der Waals surface area contributed by atoms with Gasteiger partial charge in [0.1, 0.15) is 4.90 Å². The van der Waals surface area contributed by atoms with Gasteiger partial charge in [0.05, 0.1) is 12.7 Å². The smallest absolute Gasteiger partial charge is 0.244 e. The average molecular weight is 374 g/mol. The van der Waals surface area contributed by atoms with Crippen LogP contribution in [0.25, 0.3) is 0 Å². The van der Waals surface area contributed by atoms with Crippen LogP contribution in [-0.4, -0.2) is 37.2 Å². The van der Waals surface area contributed by atoms with Crippen molar-refractivity contribution in [2.45, 2.75) is 10.9 Å². The van der Waals surface area contributed by atoms with Gasteiger partial charge in [0.25, 0.3) is 0 Å². The Morgan fingerprint density at radius 2 is 2.00 bits per heavy atom. The molecule has 0 radical (unpaired) electrons. The van der Waals surface area contributed by atoms with E-state index < -0.39 is 15.9 Å². The highest BCUT2D eigenvalue weighted by molar-refractivity contribution is 7.89. The Morgan fingerprint density at radius 1 is 1.33 bits per heavy atom. The fraction of sp³-hybridized carbons (Fsp3) is 0.286. The molecule has 0 aliphatic heterocycles. The van der Waals surface area contributed by atoms with Crippen molar-refractivity contribution in [1.82, 2.24) is 19.8 Å². The number of nitrogens with two attached hydrogens (primary N) is 1. The molecule has 0 aliphatic rings. The first-order chi connectivity index (χ1) is 10.9. The van der Waals surface area contributed by atoms with Crippen LogP contribution in [0.15, 0.2) is 47.6 Å². The molecule has 24 heavy (non-hydrogen) atoms. The second-order valence-electron chi connectivity index (χ2n) is 5.00. The number of halogens is 1. The molecule has 10 heteroatoms. The summed E-state index contributed by atoms with van der Waals surface area (Å²) in [6, 6.07) is 8.97. The summed E-state index contributed by atoms with van der Waals surface area (Å²) < 4.78 is 27.5. The number of carbonyl (C=O) groups is 1. The van der Waals surface area contributed by atoms with Crippen LogP contribution in [0, 0.1) is 0 Å². The van der Waals surface area contributed by atoms with Crippen LogP contribution in [-0.2, 0) is 21.9 Å². The van der Waals surface area contributed by atoms with Gasteiger partial charge in [-0.15, -0.1) is 12.4 Å². The molecule has 8 nitrogen and oxygen atoms in total. The molecule has 0 bridgehead atoms. The lowest BCUT2D eigenvalue weighted by molar-refractivity contribution is -0.120. The molecule has 4 N–H and O–H groups in total.